The molecule has 0 radical (unpaired) electrons. The summed E-state index contributed by atoms with van der Waals surface area (Å²) >= 11 is 0. The minimum atomic E-state index is -1.82. The molecule has 10 nitrogen and oxygen atoms in total. The lowest BCUT2D eigenvalue weighted by atomic mass is 10.3. The number of carboxylic acid groups (broad SMARTS) is 2. The van der Waals surface area contributed by atoms with E-state index in [1.807, 2.05) is 0 Å². The van der Waals surface area contributed by atoms with Crippen molar-refractivity contribution in [2.24, 2.45) is 0 Å². The Bertz CT molecular complexity index is 544. The van der Waals surface area contributed by atoms with E-state index in [0.717, 1.165) is 32.7 Å². The van der Waals surface area contributed by atoms with Crippen LogP contribution in [0.15, 0.2) is 24.3 Å². The fourth-order valence-electron chi connectivity index (χ4n) is 1.89. The number of ether oxygens (including phenoxy) is 1. The van der Waals surface area contributed by atoms with Crippen LogP contribution in [0.1, 0.15) is 0 Å². The summed E-state index contributed by atoms with van der Waals surface area (Å²) in [7, 11) is 0. The van der Waals surface area contributed by atoms with Crippen molar-refractivity contribution in [1.29, 1.82) is 0 Å². The van der Waals surface area contributed by atoms with E-state index in [2.05, 4.69) is 10.2 Å². The number of nitrogens with zero attached hydrogens (tertiary/aromatic N) is 2. The molecule has 1 fully saturated rings. The minimum Gasteiger partial charge on any atom is -0.492 e. The van der Waals surface area contributed by atoms with E-state index in [4.69, 9.17) is 24.5 Å². The third-order valence-corrected chi connectivity index (χ3v) is 3.12. The predicted molar refractivity (Wildman–Crippen MR) is 83.2 cm³/mol. The second kappa shape index (κ2) is 10.1. The number of hydrogen-bond donors (Lipinski definition) is 3. The Morgan fingerprint density at radius 2 is 1.71 bits per heavy atom. The van der Waals surface area contributed by atoms with Gasteiger partial charge in [0, 0.05) is 44.9 Å². The molecule has 24 heavy (non-hydrogen) atoms. The smallest absolute Gasteiger partial charge is 0.414 e. The molecule has 0 amide bonds. The van der Waals surface area contributed by atoms with Crippen LogP contribution in [0.5, 0.6) is 5.75 Å². The molecule has 0 unspecified atom stereocenters. The first-order valence-corrected chi connectivity index (χ1v) is 7.16. The third kappa shape index (κ3) is 7.51. The third-order valence-electron chi connectivity index (χ3n) is 3.12. The number of aliphatic carboxylic acids is 2. The molecule has 0 saturated carbocycles. The topological polar surface area (TPSA) is 142 Å². The fraction of sp³-hybridized carbons (Fsp3) is 0.429. The highest BCUT2D eigenvalue weighted by molar-refractivity contribution is 6.27. The molecule has 3 N–H and O–H groups in total. The molecule has 0 aromatic heterocycles. The number of piperazine rings is 1. The van der Waals surface area contributed by atoms with Crippen molar-refractivity contribution in [3.05, 3.63) is 34.4 Å². The Morgan fingerprint density at radius 3 is 2.17 bits per heavy atom. The van der Waals surface area contributed by atoms with Gasteiger partial charge in [-0.05, 0) is 12.1 Å². The SMILES string of the molecule is O=C(O)C(=O)O.O=[N+]([O-])c1ccc(OCCN2CCNCC2)cc1. The summed E-state index contributed by atoms with van der Waals surface area (Å²) in [6.45, 7) is 5.64. The normalized spacial score (nSPS) is 14.2. The standard InChI is InChI=1S/C12H17N3O3.C2H2O4/c16-15(17)11-1-3-12(4-2-11)18-10-9-14-7-5-13-6-8-14;3-1(4)2(5)6/h1-4,13H,5-10H2;(H,3,4)(H,5,6). The van der Waals surface area contributed by atoms with Crippen LogP contribution in [0, 0.1) is 10.1 Å². The van der Waals surface area contributed by atoms with Crippen molar-refractivity contribution < 1.29 is 29.5 Å². The van der Waals surface area contributed by atoms with E-state index >= 15 is 0 Å². The quantitative estimate of drug-likeness (QED) is 0.384. The number of nitro benzene ring substituents is 1. The first-order chi connectivity index (χ1) is 11.4. The molecule has 0 atom stereocenters. The van der Waals surface area contributed by atoms with Gasteiger partial charge in [-0.15, -0.1) is 0 Å². The molecule has 1 aliphatic rings. The summed E-state index contributed by atoms with van der Waals surface area (Å²) < 4.78 is 5.56. The Hall–Kier alpha value is -2.72. The average molecular weight is 341 g/mol. The molecule has 1 saturated heterocycles. The lowest BCUT2D eigenvalue weighted by Crippen LogP contribution is -2.44. The Labute approximate surface area is 137 Å². The average Bonchev–Trinajstić information content (AvgIpc) is 2.57. The number of nitro groups is 1. The van der Waals surface area contributed by atoms with Gasteiger partial charge >= 0.3 is 11.9 Å². The highest BCUT2D eigenvalue weighted by atomic mass is 16.6. The first kappa shape index (κ1) is 19.3. The highest BCUT2D eigenvalue weighted by Gasteiger charge is 2.09. The van der Waals surface area contributed by atoms with Crippen LogP contribution >= 0.6 is 0 Å². The van der Waals surface area contributed by atoms with E-state index in [1.54, 1.807) is 12.1 Å². The molecule has 132 valence electrons. The highest BCUT2D eigenvalue weighted by Crippen LogP contribution is 2.17. The molecule has 2 rings (SSSR count). The van der Waals surface area contributed by atoms with Gasteiger partial charge in [0.05, 0.1) is 4.92 Å². The van der Waals surface area contributed by atoms with Gasteiger partial charge in [-0.25, -0.2) is 9.59 Å². The van der Waals surface area contributed by atoms with Gasteiger partial charge in [-0.2, -0.15) is 0 Å². The van der Waals surface area contributed by atoms with Crippen molar-refractivity contribution >= 4 is 17.6 Å². The van der Waals surface area contributed by atoms with Gasteiger partial charge in [-0.1, -0.05) is 0 Å². The fourth-order valence-corrected chi connectivity index (χ4v) is 1.89. The van der Waals surface area contributed by atoms with E-state index < -0.39 is 16.9 Å². The summed E-state index contributed by atoms with van der Waals surface area (Å²) in [5.74, 6) is -2.97. The number of nitrogens with one attached hydrogen (secondary N) is 1. The zero-order chi connectivity index (χ0) is 17.9. The number of carbonyl (C=O) groups is 2. The molecule has 1 aromatic rings. The van der Waals surface area contributed by atoms with E-state index in [9.17, 15) is 10.1 Å². The van der Waals surface area contributed by atoms with Crippen LogP contribution in [0.2, 0.25) is 0 Å². The Kier molecular flexibility index (Phi) is 8.16. The van der Waals surface area contributed by atoms with Gasteiger partial charge in [0.25, 0.3) is 5.69 Å². The maximum atomic E-state index is 10.5. The van der Waals surface area contributed by atoms with Crippen molar-refractivity contribution in [3.63, 3.8) is 0 Å². The van der Waals surface area contributed by atoms with Gasteiger partial charge in [0.1, 0.15) is 12.4 Å². The molecule has 1 aromatic carbocycles. The predicted octanol–water partition coefficient (Wildman–Crippen LogP) is 0.0344. The molecule has 1 aliphatic heterocycles. The van der Waals surface area contributed by atoms with E-state index in [0.29, 0.717) is 12.4 Å². The number of carboxylic acids is 2. The maximum Gasteiger partial charge on any atom is 0.414 e. The van der Waals surface area contributed by atoms with Crippen LogP contribution in [-0.4, -0.2) is 71.3 Å². The zero-order valence-corrected chi connectivity index (χ0v) is 12.9. The maximum absolute atomic E-state index is 10.5. The lowest BCUT2D eigenvalue weighted by Gasteiger charge is -2.26. The van der Waals surface area contributed by atoms with Crippen LogP contribution in [0.25, 0.3) is 0 Å². The Morgan fingerprint density at radius 1 is 1.17 bits per heavy atom. The van der Waals surface area contributed by atoms with Gasteiger partial charge in [-0.3, -0.25) is 15.0 Å². The molecule has 10 heteroatoms. The second-order valence-electron chi connectivity index (χ2n) is 4.80. The summed E-state index contributed by atoms with van der Waals surface area (Å²) in [5, 5.41) is 28.6. The zero-order valence-electron chi connectivity index (χ0n) is 12.9. The molecule has 1 heterocycles. The first-order valence-electron chi connectivity index (χ1n) is 7.16. The number of rotatable bonds is 5. The summed E-state index contributed by atoms with van der Waals surface area (Å²) in [6, 6.07) is 6.19. The minimum absolute atomic E-state index is 0.0875. The Balaban J connectivity index is 0.000000413. The lowest BCUT2D eigenvalue weighted by molar-refractivity contribution is -0.384. The van der Waals surface area contributed by atoms with Gasteiger partial charge < -0.3 is 20.3 Å². The summed E-state index contributed by atoms with van der Waals surface area (Å²) in [6.07, 6.45) is 0. The van der Waals surface area contributed by atoms with Gasteiger partial charge in [0.2, 0.25) is 0 Å². The molecule has 0 aliphatic carbocycles. The molecule has 0 spiro atoms. The summed E-state index contributed by atoms with van der Waals surface area (Å²) in [5.41, 5.74) is 0.0875. The summed E-state index contributed by atoms with van der Waals surface area (Å²) in [4.78, 5) is 30.6. The molecular weight excluding hydrogens is 322 g/mol. The van der Waals surface area contributed by atoms with Crippen molar-refractivity contribution in [2.45, 2.75) is 0 Å². The van der Waals surface area contributed by atoms with E-state index in [1.165, 1.54) is 12.1 Å². The monoisotopic (exact) mass is 341 g/mol. The second-order valence-corrected chi connectivity index (χ2v) is 4.80. The van der Waals surface area contributed by atoms with Crippen LogP contribution in [0.3, 0.4) is 0 Å². The van der Waals surface area contributed by atoms with Crippen molar-refractivity contribution in [3.8, 4) is 5.75 Å². The van der Waals surface area contributed by atoms with Crippen molar-refractivity contribution in [1.82, 2.24) is 10.2 Å². The molecule has 0 bridgehead atoms. The van der Waals surface area contributed by atoms with Crippen LogP contribution in [-0.2, 0) is 9.59 Å². The van der Waals surface area contributed by atoms with Crippen LogP contribution < -0.4 is 10.1 Å². The van der Waals surface area contributed by atoms with Gasteiger partial charge in [0.15, 0.2) is 0 Å². The largest absolute Gasteiger partial charge is 0.492 e. The van der Waals surface area contributed by atoms with E-state index in [-0.39, 0.29) is 5.69 Å². The number of hydrogen-bond acceptors (Lipinski definition) is 7. The van der Waals surface area contributed by atoms with Crippen molar-refractivity contribution in [2.75, 3.05) is 39.3 Å². The number of benzene rings is 1. The number of non-ortho nitro benzene ring substituents is 1. The van der Waals surface area contributed by atoms with Crippen LogP contribution in [0.4, 0.5) is 5.69 Å². The molecular formula is C14H19N3O7.